The molecule has 1 amide bonds. The lowest BCUT2D eigenvalue weighted by Gasteiger charge is -2.34. The van der Waals surface area contributed by atoms with Gasteiger partial charge >= 0.3 is 0 Å². The van der Waals surface area contributed by atoms with Gasteiger partial charge in [-0.05, 0) is 19.4 Å². The zero-order chi connectivity index (χ0) is 16.2. The van der Waals surface area contributed by atoms with Gasteiger partial charge in [0.1, 0.15) is 15.5 Å². The maximum atomic E-state index is 11.6. The van der Waals surface area contributed by atoms with Crippen LogP contribution in [0.25, 0.3) is 10.2 Å². The summed E-state index contributed by atoms with van der Waals surface area (Å²) in [5.74, 6) is 0.349. The fourth-order valence-corrected chi connectivity index (χ4v) is 3.87. The Morgan fingerprint density at radius 3 is 2.64 bits per heavy atom. The largest absolute Gasteiger partial charge is 0.397 e. The van der Waals surface area contributed by atoms with Crippen LogP contribution in [-0.4, -0.2) is 30.6 Å². The van der Waals surface area contributed by atoms with Gasteiger partial charge in [0, 0.05) is 31.5 Å². The van der Waals surface area contributed by atoms with Gasteiger partial charge in [-0.25, -0.2) is 4.98 Å². The number of ether oxygens (including phenoxy) is 1. The summed E-state index contributed by atoms with van der Waals surface area (Å²) in [5, 5.41) is 0.857. The van der Waals surface area contributed by atoms with E-state index in [0.29, 0.717) is 17.2 Å². The highest BCUT2D eigenvalue weighted by atomic mass is 32.1. The SMILES string of the molecule is CN(C)c1nc2sc(C(N)=O)c(N)c2c2c1COC(C)(C)C2. The maximum absolute atomic E-state index is 11.6. The molecule has 4 N–H and O–H groups in total. The molecular formula is C15H20N4O2S. The molecule has 3 heterocycles. The summed E-state index contributed by atoms with van der Waals surface area (Å²) in [4.78, 5) is 19.4. The number of fused-ring (bicyclic) bond motifs is 3. The predicted molar refractivity (Wildman–Crippen MR) is 89.4 cm³/mol. The van der Waals surface area contributed by atoms with E-state index in [-0.39, 0.29) is 5.60 Å². The summed E-state index contributed by atoms with van der Waals surface area (Å²) < 4.78 is 5.93. The highest BCUT2D eigenvalue weighted by Crippen LogP contribution is 2.42. The molecule has 1 aliphatic rings. The zero-order valence-corrected chi connectivity index (χ0v) is 14.0. The van der Waals surface area contributed by atoms with Crippen molar-refractivity contribution in [3.05, 3.63) is 16.0 Å². The number of anilines is 2. The van der Waals surface area contributed by atoms with Gasteiger partial charge in [0.2, 0.25) is 0 Å². The summed E-state index contributed by atoms with van der Waals surface area (Å²) in [6.45, 7) is 4.59. The number of amides is 1. The summed E-state index contributed by atoms with van der Waals surface area (Å²) in [6, 6.07) is 0. The van der Waals surface area contributed by atoms with Crippen LogP contribution in [0.1, 0.15) is 34.6 Å². The smallest absolute Gasteiger partial charge is 0.260 e. The maximum Gasteiger partial charge on any atom is 0.260 e. The first-order chi connectivity index (χ1) is 10.2. The van der Waals surface area contributed by atoms with E-state index < -0.39 is 5.91 Å². The number of pyridine rings is 1. The molecule has 0 atom stereocenters. The molecule has 0 saturated heterocycles. The number of aromatic nitrogens is 1. The number of carbonyl (C=O) groups excluding carboxylic acids is 1. The first kappa shape index (κ1) is 15.1. The highest BCUT2D eigenvalue weighted by molar-refractivity contribution is 7.21. The first-order valence-electron chi connectivity index (χ1n) is 7.06. The van der Waals surface area contributed by atoms with Crippen molar-refractivity contribution in [3.8, 4) is 0 Å². The van der Waals surface area contributed by atoms with Gasteiger partial charge in [0.25, 0.3) is 5.91 Å². The number of carbonyl (C=O) groups is 1. The fraction of sp³-hybridized carbons (Fsp3) is 0.467. The lowest BCUT2D eigenvalue weighted by Crippen LogP contribution is -2.33. The molecule has 2 aromatic heterocycles. The minimum atomic E-state index is -0.507. The van der Waals surface area contributed by atoms with Crippen LogP contribution < -0.4 is 16.4 Å². The molecule has 3 rings (SSSR count). The van der Waals surface area contributed by atoms with Gasteiger partial charge in [-0.2, -0.15) is 0 Å². The standard InChI is InChI=1S/C15H20N4O2S/c1-15(2)5-7-8(6-21-15)13(19(3)4)18-14-9(7)10(16)11(22-14)12(17)20/h5-6,16H2,1-4H3,(H2,17,20). The quantitative estimate of drug-likeness (QED) is 0.881. The lowest BCUT2D eigenvalue weighted by molar-refractivity contribution is -0.0395. The van der Waals surface area contributed by atoms with Crippen LogP contribution in [0.4, 0.5) is 11.5 Å². The van der Waals surface area contributed by atoms with E-state index in [0.717, 1.165) is 33.6 Å². The molecule has 1 aliphatic heterocycles. The molecule has 0 fully saturated rings. The van der Waals surface area contributed by atoms with Crippen molar-refractivity contribution < 1.29 is 9.53 Å². The van der Waals surface area contributed by atoms with Crippen molar-refractivity contribution in [1.82, 2.24) is 4.98 Å². The minimum absolute atomic E-state index is 0.272. The molecule has 0 saturated carbocycles. The summed E-state index contributed by atoms with van der Waals surface area (Å²) in [7, 11) is 3.89. The molecule has 7 heteroatoms. The molecule has 0 aromatic carbocycles. The van der Waals surface area contributed by atoms with E-state index in [9.17, 15) is 4.79 Å². The fourth-order valence-electron chi connectivity index (χ4n) is 2.90. The third-order valence-electron chi connectivity index (χ3n) is 3.93. The van der Waals surface area contributed by atoms with Gasteiger partial charge in [0.15, 0.2) is 0 Å². The average molecular weight is 320 g/mol. The Labute approximate surface area is 133 Å². The van der Waals surface area contributed by atoms with Crippen molar-refractivity contribution in [2.24, 2.45) is 5.73 Å². The molecular weight excluding hydrogens is 300 g/mol. The summed E-state index contributed by atoms with van der Waals surface area (Å²) in [6.07, 6.45) is 0.724. The van der Waals surface area contributed by atoms with Gasteiger partial charge in [-0.3, -0.25) is 4.79 Å². The van der Waals surface area contributed by atoms with E-state index in [2.05, 4.69) is 18.8 Å². The van der Waals surface area contributed by atoms with Crippen LogP contribution in [-0.2, 0) is 17.8 Å². The number of nitrogens with two attached hydrogens (primary N) is 2. The monoisotopic (exact) mass is 320 g/mol. The molecule has 0 spiro atoms. The third-order valence-corrected chi connectivity index (χ3v) is 5.04. The molecule has 0 unspecified atom stereocenters. The Morgan fingerprint density at radius 1 is 1.36 bits per heavy atom. The van der Waals surface area contributed by atoms with E-state index in [1.807, 2.05) is 19.0 Å². The zero-order valence-electron chi connectivity index (χ0n) is 13.2. The Balaban J connectivity index is 2.37. The number of hydrogen-bond donors (Lipinski definition) is 2. The van der Waals surface area contributed by atoms with Gasteiger partial charge in [0.05, 0.1) is 17.9 Å². The average Bonchev–Trinajstić information content (AvgIpc) is 2.74. The number of thiophene rings is 1. The highest BCUT2D eigenvalue weighted by Gasteiger charge is 2.32. The number of hydrogen-bond acceptors (Lipinski definition) is 6. The molecule has 22 heavy (non-hydrogen) atoms. The van der Waals surface area contributed by atoms with E-state index in [4.69, 9.17) is 16.2 Å². The molecule has 0 bridgehead atoms. The second-order valence-electron chi connectivity index (χ2n) is 6.40. The summed E-state index contributed by atoms with van der Waals surface area (Å²) in [5.41, 5.74) is 14.0. The van der Waals surface area contributed by atoms with Crippen LogP contribution in [0, 0.1) is 0 Å². The van der Waals surface area contributed by atoms with Gasteiger partial charge in [-0.1, -0.05) is 0 Å². The molecule has 2 aromatic rings. The summed E-state index contributed by atoms with van der Waals surface area (Å²) >= 11 is 1.26. The van der Waals surface area contributed by atoms with E-state index >= 15 is 0 Å². The van der Waals surface area contributed by atoms with Crippen LogP contribution in [0.2, 0.25) is 0 Å². The Kier molecular flexibility index (Phi) is 3.30. The van der Waals surface area contributed by atoms with E-state index in [1.54, 1.807) is 0 Å². The number of nitrogen functional groups attached to an aromatic ring is 1. The molecule has 0 aliphatic carbocycles. The van der Waals surface area contributed by atoms with Crippen molar-refractivity contribution in [3.63, 3.8) is 0 Å². The number of primary amides is 1. The molecule has 6 nitrogen and oxygen atoms in total. The Bertz CT molecular complexity index is 780. The lowest BCUT2D eigenvalue weighted by atomic mass is 9.90. The van der Waals surface area contributed by atoms with Crippen molar-refractivity contribution in [2.75, 3.05) is 24.7 Å². The predicted octanol–water partition coefficient (Wildman–Crippen LogP) is 1.89. The van der Waals surface area contributed by atoms with E-state index in [1.165, 1.54) is 11.3 Å². The van der Waals surface area contributed by atoms with Crippen molar-refractivity contribution in [2.45, 2.75) is 32.5 Å². The Morgan fingerprint density at radius 2 is 2.05 bits per heavy atom. The topological polar surface area (TPSA) is 94.5 Å². The number of rotatable bonds is 2. The second kappa shape index (κ2) is 4.82. The second-order valence-corrected chi connectivity index (χ2v) is 7.40. The van der Waals surface area contributed by atoms with Crippen LogP contribution >= 0.6 is 11.3 Å². The first-order valence-corrected chi connectivity index (χ1v) is 7.87. The van der Waals surface area contributed by atoms with Crippen LogP contribution in [0.5, 0.6) is 0 Å². The number of nitrogens with zero attached hydrogens (tertiary/aromatic N) is 2. The van der Waals surface area contributed by atoms with Gasteiger partial charge in [-0.15, -0.1) is 11.3 Å². The Hall–Kier alpha value is -1.86. The third kappa shape index (κ3) is 2.21. The molecule has 0 radical (unpaired) electrons. The van der Waals surface area contributed by atoms with Crippen LogP contribution in [0.3, 0.4) is 0 Å². The minimum Gasteiger partial charge on any atom is -0.397 e. The molecule has 118 valence electrons. The van der Waals surface area contributed by atoms with Gasteiger partial charge < -0.3 is 21.1 Å². The normalized spacial score (nSPS) is 16.5. The van der Waals surface area contributed by atoms with Crippen LogP contribution in [0.15, 0.2) is 0 Å². The van der Waals surface area contributed by atoms with Crippen molar-refractivity contribution >= 4 is 39.0 Å². The van der Waals surface area contributed by atoms with Crippen molar-refractivity contribution in [1.29, 1.82) is 0 Å².